The maximum atomic E-state index is 13.5. The summed E-state index contributed by atoms with van der Waals surface area (Å²) in [4.78, 5) is 41.9. The maximum absolute atomic E-state index is 13.5. The molecule has 1 saturated heterocycles. The fourth-order valence-corrected chi connectivity index (χ4v) is 4.45. The highest BCUT2D eigenvalue weighted by atomic mass is 16.6. The van der Waals surface area contributed by atoms with Crippen LogP contribution in [0, 0.1) is 5.92 Å². The molecule has 8 nitrogen and oxygen atoms in total. The van der Waals surface area contributed by atoms with E-state index in [1.165, 1.54) is 0 Å². The summed E-state index contributed by atoms with van der Waals surface area (Å²) in [6, 6.07) is -0.197. The number of nitrogens with zero attached hydrogens (tertiary/aromatic N) is 2. The average Bonchev–Trinajstić information content (AvgIpc) is 2.88. The van der Waals surface area contributed by atoms with E-state index >= 15 is 0 Å². The molecule has 2 N–H and O–H groups in total. The molecule has 8 heteroatoms. The van der Waals surface area contributed by atoms with E-state index in [0.29, 0.717) is 32.7 Å². The normalized spacial score (nSPS) is 23.8. The van der Waals surface area contributed by atoms with E-state index in [9.17, 15) is 14.4 Å². The van der Waals surface area contributed by atoms with Gasteiger partial charge in [-0.25, -0.2) is 4.79 Å². The van der Waals surface area contributed by atoms with Gasteiger partial charge in [0, 0.05) is 38.8 Å². The Morgan fingerprint density at radius 2 is 1.65 bits per heavy atom. The molecule has 1 aliphatic heterocycles. The first-order valence-electron chi connectivity index (χ1n) is 12.0. The van der Waals surface area contributed by atoms with Gasteiger partial charge in [-0.3, -0.25) is 14.5 Å². The van der Waals surface area contributed by atoms with Crippen LogP contribution in [0.2, 0.25) is 0 Å². The third-order valence-electron chi connectivity index (χ3n) is 5.93. The van der Waals surface area contributed by atoms with Crippen molar-refractivity contribution in [1.29, 1.82) is 0 Å². The molecule has 0 unspecified atom stereocenters. The minimum Gasteiger partial charge on any atom is -0.444 e. The van der Waals surface area contributed by atoms with Crippen LogP contribution in [-0.2, 0) is 14.3 Å². The Bertz CT molecular complexity index is 605. The first-order chi connectivity index (χ1) is 14.7. The Hall–Kier alpha value is -1.83. The molecule has 31 heavy (non-hydrogen) atoms. The van der Waals surface area contributed by atoms with Gasteiger partial charge in [0.05, 0.1) is 12.5 Å². The molecule has 178 valence electrons. The van der Waals surface area contributed by atoms with E-state index in [0.717, 1.165) is 51.5 Å². The Kier molecular flexibility index (Phi) is 10.1. The molecule has 3 amide bonds. The number of hydrogen-bond acceptors (Lipinski definition) is 5. The lowest BCUT2D eigenvalue weighted by molar-refractivity contribution is -0.136. The number of ether oxygens (including phenoxy) is 1. The number of nitrogens with one attached hydrogen (secondary N) is 2. The van der Waals surface area contributed by atoms with Crippen LogP contribution in [0.5, 0.6) is 0 Å². The zero-order chi connectivity index (χ0) is 22.9. The zero-order valence-electron chi connectivity index (χ0n) is 19.9. The van der Waals surface area contributed by atoms with Gasteiger partial charge in [-0.1, -0.05) is 25.7 Å². The van der Waals surface area contributed by atoms with Crippen LogP contribution in [0.1, 0.15) is 72.6 Å². The van der Waals surface area contributed by atoms with Gasteiger partial charge in [0.15, 0.2) is 0 Å². The summed E-state index contributed by atoms with van der Waals surface area (Å²) in [5, 5.41) is 5.84. The lowest BCUT2D eigenvalue weighted by atomic mass is 9.85. The number of rotatable bonds is 5. The fourth-order valence-electron chi connectivity index (χ4n) is 4.45. The first-order valence-corrected chi connectivity index (χ1v) is 12.0. The Morgan fingerprint density at radius 3 is 2.32 bits per heavy atom. The smallest absolute Gasteiger partial charge is 0.407 e. The third kappa shape index (κ3) is 9.05. The van der Waals surface area contributed by atoms with Crippen molar-refractivity contribution in [3.63, 3.8) is 0 Å². The summed E-state index contributed by atoms with van der Waals surface area (Å²) in [5.41, 5.74) is -0.566. The van der Waals surface area contributed by atoms with Crippen molar-refractivity contribution in [3.05, 3.63) is 0 Å². The number of carbonyl (C=O) groups excluding carboxylic acids is 3. The SMILES string of the molecule is CCNC(=O)CN1CCCN(C(=O)[C@@H]2CCCCCC[C@@H]2NC(=O)OC(C)(C)C)CC1. The lowest BCUT2D eigenvalue weighted by Gasteiger charge is -2.33. The van der Waals surface area contributed by atoms with Crippen molar-refractivity contribution in [2.24, 2.45) is 5.92 Å². The standard InChI is InChI=1S/C23H42N4O4/c1-5-24-20(28)17-26-13-10-14-27(16-15-26)21(29)18-11-8-6-7-9-12-19(18)25-22(30)31-23(2,3)4/h18-19H,5-17H2,1-4H3,(H,24,28)(H,25,30)/t18-,19+/m1/s1. The number of carbonyl (C=O) groups is 3. The predicted octanol–water partition coefficient (Wildman–Crippen LogP) is 2.52. The fraction of sp³-hybridized carbons (Fsp3) is 0.870. The highest BCUT2D eigenvalue weighted by molar-refractivity contribution is 5.81. The van der Waals surface area contributed by atoms with Crippen LogP contribution in [0.3, 0.4) is 0 Å². The first kappa shape index (κ1) is 25.4. The molecule has 2 atom stereocenters. The van der Waals surface area contributed by atoms with E-state index in [2.05, 4.69) is 15.5 Å². The molecule has 0 aromatic carbocycles. The highest BCUT2D eigenvalue weighted by Gasteiger charge is 2.34. The molecule has 2 fully saturated rings. The molecule has 0 aromatic heterocycles. The van der Waals surface area contributed by atoms with Gasteiger partial charge < -0.3 is 20.3 Å². The second kappa shape index (κ2) is 12.3. The van der Waals surface area contributed by atoms with Gasteiger partial charge >= 0.3 is 6.09 Å². The minimum atomic E-state index is -0.566. The van der Waals surface area contributed by atoms with E-state index in [4.69, 9.17) is 4.74 Å². The molecule has 0 radical (unpaired) electrons. The van der Waals surface area contributed by atoms with Crippen molar-refractivity contribution in [1.82, 2.24) is 20.4 Å². The summed E-state index contributed by atoms with van der Waals surface area (Å²) in [6.45, 7) is 11.3. The van der Waals surface area contributed by atoms with Crippen molar-refractivity contribution in [2.45, 2.75) is 84.3 Å². The van der Waals surface area contributed by atoms with Crippen LogP contribution >= 0.6 is 0 Å². The van der Waals surface area contributed by atoms with Crippen LogP contribution in [0.4, 0.5) is 4.79 Å². The molecule has 2 aliphatic rings. The van der Waals surface area contributed by atoms with Crippen molar-refractivity contribution < 1.29 is 19.1 Å². The Labute approximate surface area is 187 Å². The Morgan fingerprint density at radius 1 is 0.935 bits per heavy atom. The largest absolute Gasteiger partial charge is 0.444 e. The molecule has 1 heterocycles. The number of hydrogen-bond donors (Lipinski definition) is 2. The molecule has 2 rings (SSSR count). The second-order valence-electron chi connectivity index (χ2n) is 9.76. The lowest BCUT2D eigenvalue weighted by Crippen LogP contribution is -2.50. The van der Waals surface area contributed by atoms with Crippen molar-refractivity contribution in [2.75, 3.05) is 39.3 Å². The summed E-state index contributed by atoms with van der Waals surface area (Å²) >= 11 is 0. The third-order valence-corrected chi connectivity index (χ3v) is 5.93. The van der Waals surface area contributed by atoms with Gasteiger partial charge in [-0.05, 0) is 47.0 Å². The van der Waals surface area contributed by atoms with E-state index < -0.39 is 11.7 Å². The summed E-state index contributed by atoms with van der Waals surface area (Å²) in [5.74, 6) is -0.0607. The number of likely N-dealkylation sites (N-methyl/N-ethyl adjacent to an activating group) is 1. The van der Waals surface area contributed by atoms with Gasteiger partial charge in [0.2, 0.25) is 11.8 Å². The zero-order valence-corrected chi connectivity index (χ0v) is 19.9. The Balaban J connectivity index is 2.00. The van der Waals surface area contributed by atoms with Crippen LogP contribution in [0.25, 0.3) is 0 Å². The number of alkyl carbamates (subject to hydrolysis) is 1. The summed E-state index contributed by atoms with van der Waals surface area (Å²) in [7, 11) is 0. The van der Waals surface area contributed by atoms with Gasteiger partial charge in [-0.15, -0.1) is 0 Å². The number of amides is 3. The summed E-state index contributed by atoms with van der Waals surface area (Å²) in [6.07, 6.45) is 6.26. The quantitative estimate of drug-likeness (QED) is 0.688. The molecule has 0 aromatic rings. The van der Waals surface area contributed by atoms with E-state index in [1.54, 1.807) is 0 Å². The topological polar surface area (TPSA) is 91.0 Å². The maximum Gasteiger partial charge on any atom is 0.407 e. The van der Waals surface area contributed by atoms with Crippen molar-refractivity contribution >= 4 is 17.9 Å². The van der Waals surface area contributed by atoms with Crippen LogP contribution < -0.4 is 10.6 Å². The van der Waals surface area contributed by atoms with Gasteiger partial charge in [-0.2, -0.15) is 0 Å². The second-order valence-corrected chi connectivity index (χ2v) is 9.76. The monoisotopic (exact) mass is 438 g/mol. The van der Waals surface area contributed by atoms with Crippen LogP contribution in [-0.4, -0.2) is 78.6 Å². The van der Waals surface area contributed by atoms with E-state index in [-0.39, 0.29) is 23.8 Å². The minimum absolute atomic E-state index is 0.0314. The molecule has 1 aliphatic carbocycles. The average molecular weight is 439 g/mol. The van der Waals surface area contributed by atoms with E-state index in [1.807, 2.05) is 32.6 Å². The van der Waals surface area contributed by atoms with Crippen LogP contribution in [0.15, 0.2) is 0 Å². The van der Waals surface area contributed by atoms with Gasteiger partial charge in [0.1, 0.15) is 5.60 Å². The molecular formula is C23H42N4O4. The molecular weight excluding hydrogens is 396 g/mol. The van der Waals surface area contributed by atoms with Gasteiger partial charge in [0.25, 0.3) is 0 Å². The molecule has 1 saturated carbocycles. The highest BCUT2D eigenvalue weighted by Crippen LogP contribution is 2.26. The van der Waals surface area contributed by atoms with Crippen molar-refractivity contribution in [3.8, 4) is 0 Å². The molecule has 0 spiro atoms. The molecule has 0 bridgehead atoms. The summed E-state index contributed by atoms with van der Waals surface area (Å²) < 4.78 is 5.46. The predicted molar refractivity (Wildman–Crippen MR) is 121 cm³/mol.